The van der Waals surface area contributed by atoms with Gasteiger partial charge in [-0.05, 0) is 12.1 Å². The molecule has 10 heteroatoms. The van der Waals surface area contributed by atoms with Crippen molar-refractivity contribution in [1.82, 2.24) is 0 Å². The van der Waals surface area contributed by atoms with Gasteiger partial charge < -0.3 is 33.2 Å². The molecule has 30 heavy (non-hydrogen) atoms. The minimum absolute atomic E-state index is 0.0219. The van der Waals surface area contributed by atoms with E-state index in [4.69, 9.17) is 33.2 Å². The average molecular weight is 423 g/mol. The SMILES string of the molecule is COCCOCOc1cc(OCOCCOC)cc(Oc2ccc([N+](=O)[O-])cc2)c1. The predicted octanol–water partition coefficient (Wildman–Crippen LogP) is 3.39. The van der Waals surface area contributed by atoms with Gasteiger partial charge in [-0.2, -0.15) is 0 Å². The van der Waals surface area contributed by atoms with E-state index in [1.807, 2.05) is 0 Å². The molecule has 0 unspecified atom stereocenters. The van der Waals surface area contributed by atoms with Crippen molar-refractivity contribution in [1.29, 1.82) is 0 Å². The van der Waals surface area contributed by atoms with Crippen molar-refractivity contribution in [2.45, 2.75) is 0 Å². The van der Waals surface area contributed by atoms with Crippen LogP contribution in [0.3, 0.4) is 0 Å². The Hall–Kier alpha value is -2.92. The van der Waals surface area contributed by atoms with E-state index in [-0.39, 0.29) is 19.3 Å². The van der Waals surface area contributed by atoms with Gasteiger partial charge in [-0.15, -0.1) is 0 Å². The van der Waals surface area contributed by atoms with Gasteiger partial charge >= 0.3 is 0 Å². The van der Waals surface area contributed by atoms with E-state index in [0.29, 0.717) is 49.4 Å². The van der Waals surface area contributed by atoms with E-state index < -0.39 is 4.92 Å². The van der Waals surface area contributed by atoms with E-state index in [9.17, 15) is 10.1 Å². The number of benzene rings is 2. The van der Waals surface area contributed by atoms with Gasteiger partial charge in [0, 0.05) is 44.6 Å². The summed E-state index contributed by atoms with van der Waals surface area (Å²) in [5, 5.41) is 10.8. The molecule has 0 aliphatic carbocycles. The molecule has 0 saturated carbocycles. The number of ether oxygens (including phenoxy) is 7. The fourth-order valence-corrected chi connectivity index (χ4v) is 2.16. The second-order valence-corrected chi connectivity index (χ2v) is 5.82. The highest BCUT2D eigenvalue weighted by Gasteiger charge is 2.09. The number of methoxy groups -OCH3 is 2. The summed E-state index contributed by atoms with van der Waals surface area (Å²) in [6, 6.07) is 10.7. The molecule has 10 nitrogen and oxygen atoms in total. The number of nitrogens with zero attached hydrogens (tertiary/aromatic N) is 1. The van der Waals surface area contributed by atoms with Crippen molar-refractivity contribution < 1.29 is 38.1 Å². The zero-order chi connectivity index (χ0) is 21.6. The van der Waals surface area contributed by atoms with Crippen LogP contribution in [0.4, 0.5) is 5.69 Å². The van der Waals surface area contributed by atoms with E-state index >= 15 is 0 Å². The number of rotatable bonds is 15. The summed E-state index contributed by atoms with van der Waals surface area (Å²) in [7, 11) is 3.17. The minimum atomic E-state index is -0.475. The predicted molar refractivity (Wildman–Crippen MR) is 106 cm³/mol. The molecule has 0 bridgehead atoms. The summed E-state index contributed by atoms with van der Waals surface area (Å²) >= 11 is 0. The fourth-order valence-electron chi connectivity index (χ4n) is 2.16. The summed E-state index contributed by atoms with van der Waals surface area (Å²) < 4.78 is 37.4. The lowest BCUT2D eigenvalue weighted by molar-refractivity contribution is -0.384. The molecule has 0 aliphatic rings. The maximum Gasteiger partial charge on any atom is 0.269 e. The highest BCUT2D eigenvalue weighted by molar-refractivity contribution is 5.45. The molecule has 0 aliphatic heterocycles. The lowest BCUT2D eigenvalue weighted by Crippen LogP contribution is -2.09. The number of hydrogen-bond donors (Lipinski definition) is 0. The van der Waals surface area contributed by atoms with Crippen molar-refractivity contribution in [3.05, 3.63) is 52.6 Å². The molecule has 0 saturated heterocycles. The Bertz CT molecular complexity index is 735. The molecule has 0 fully saturated rings. The Kier molecular flexibility index (Phi) is 10.4. The van der Waals surface area contributed by atoms with Crippen LogP contribution in [-0.2, 0) is 18.9 Å². The minimum Gasteiger partial charge on any atom is -0.467 e. The molecule has 0 heterocycles. The van der Waals surface area contributed by atoms with Crippen molar-refractivity contribution >= 4 is 5.69 Å². The topological polar surface area (TPSA) is 108 Å². The third kappa shape index (κ3) is 8.62. The van der Waals surface area contributed by atoms with Gasteiger partial charge in [0.15, 0.2) is 13.6 Å². The Morgan fingerprint density at radius 1 is 0.733 bits per heavy atom. The zero-order valence-electron chi connectivity index (χ0n) is 16.9. The Morgan fingerprint density at radius 3 is 1.70 bits per heavy atom. The molecule has 0 N–H and O–H groups in total. The highest BCUT2D eigenvalue weighted by Crippen LogP contribution is 2.31. The van der Waals surface area contributed by atoms with Gasteiger partial charge in [-0.25, -0.2) is 0 Å². The van der Waals surface area contributed by atoms with Crippen LogP contribution in [0.15, 0.2) is 42.5 Å². The summed E-state index contributed by atoms with van der Waals surface area (Å²) in [4.78, 5) is 10.3. The molecule has 0 atom stereocenters. The number of nitro benzene ring substituents is 1. The van der Waals surface area contributed by atoms with Crippen LogP contribution < -0.4 is 14.2 Å². The van der Waals surface area contributed by atoms with Crippen molar-refractivity contribution in [2.24, 2.45) is 0 Å². The molecule has 0 aromatic heterocycles. The van der Waals surface area contributed by atoms with Crippen LogP contribution >= 0.6 is 0 Å². The highest BCUT2D eigenvalue weighted by atomic mass is 16.7. The quantitative estimate of drug-likeness (QED) is 0.184. The second-order valence-electron chi connectivity index (χ2n) is 5.82. The van der Waals surface area contributed by atoms with Crippen LogP contribution in [0.5, 0.6) is 23.0 Å². The zero-order valence-corrected chi connectivity index (χ0v) is 16.9. The number of nitro groups is 1. The van der Waals surface area contributed by atoms with Gasteiger partial charge in [-0.3, -0.25) is 10.1 Å². The smallest absolute Gasteiger partial charge is 0.269 e. The first-order valence-corrected chi connectivity index (χ1v) is 9.08. The van der Waals surface area contributed by atoms with Crippen LogP contribution in [-0.4, -0.2) is 59.2 Å². The molecule has 0 amide bonds. The van der Waals surface area contributed by atoms with Gasteiger partial charge in [-0.1, -0.05) is 0 Å². The van der Waals surface area contributed by atoms with Gasteiger partial charge in [0.1, 0.15) is 23.0 Å². The van der Waals surface area contributed by atoms with E-state index in [1.54, 1.807) is 32.4 Å². The third-order valence-corrected chi connectivity index (χ3v) is 3.62. The fraction of sp³-hybridized carbons (Fsp3) is 0.400. The van der Waals surface area contributed by atoms with Gasteiger partial charge in [0.2, 0.25) is 0 Å². The molecule has 164 valence electrons. The largest absolute Gasteiger partial charge is 0.467 e. The molecule has 0 radical (unpaired) electrons. The third-order valence-electron chi connectivity index (χ3n) is 3.62. The van der Waals surface area contributed by atoms with Crippen LogP contribution in [0.25, 0.3) is 0 Å². The normalized spacial score (nSPS) is 10.6. The van der Waals surface area contributed by atoms with Crippen molar-refractivity contribution in [3.8, 4) is 23.0 Å². The molecule has 2 rings (SSSR count). The summed E-state index contributed by atoms with van der Waals surface area (Å²) in [5.41, 5.74) is -0.0233. The first-order valence-electron chi connectivity index (χ1n) is 9.08. The second kappa shape index (κ2) is 13.3. The van der Waals surface area contributed by atoms with Gasteiger partial charge in [0.25, 0.3) is 5.69 Å². The first-order chi connectivity index (χ1) is 14.6. The first kappa shape index (κ1) is 23.4. The molecule has 2 aromatic carbocycles. The van der Waals surface area contributed by atoms with Crippen molar-refractivity contribution in [2.75, 3.05) is 54.2 Å². The van der Waals surface area contributed by atoms with E-state index in [0.717, 1.165) is 0 Å². The standard InChI is InChI=1S/C20H25NO9/c1-24-7-9-26-14-28-18-11-19(29-15-27-10-8-25-2)13-20(12-18)30-17-5-3-16(4-6-17)21(22)23/h3-6,11-13H,7-10,14-15H2,1-2H3. The van der Waals surface area contributed by atoms with Crippen LogP contribution in [0.1, 0.15) is 0 Å². The van der Waals surface area contributed by atoms with Crippen molar-refractivity contribution in [3.63, 3.8) is 0 Å². The monoisotopic (exact) mass is 423 g/mol. The van der Waals surface area contributed by atoms with Crippen LogP contribution in [0, 0.1) is 10.1 Å². The van der Waals surface area contributed by atoms with Crippen LogP contribution in [0.2, 0.25) is 0 Å². The average Bonchev–Trinajstić information content (AvgIpc) is 2.74. The number of non-ortho nitro benzene ring substituents is 1. The van der Waals surface area contributed by atoms with E-state index in [1.165, 1.54) is 24.3 Å². The Balaban J connectivity index is 2.04. The molecule has 0 spiro atoms. The van der Waals surface area contributed by atoms with E-state index in [2.05, 4.69) is 0 Å². The van der Waals surface area contributed by atoms with Gasteiger partial charge in [0.05, 0.1) is 31.4 Å². The molecule has 2 aromatic rings. The lowest BCUT2D eigenvalue weighted by Gasteiger charge is -2.13. The molecular weight excluding hydrogens is 398 g/mol. The number of hydrogen-bond acceptors (Lipinski definition) is 9. The maximum absolute atomic E-state index is 10.8. The maximum atomic E-state index is 10.8. The Labute approximate surface area is 174 Å². The Morgan fingerprint density at radius 2 is 1.23 bits per heavy atom. The molecular formula is C20H25NO9. The summed E-state index contributed by atoms with van der Waals surface area (Å²) in [6.07, 6.45) is 0. The summed E-state index contributed by atoms with van der Waals surface area (Å²) in [5.74, 6) is 1.76. The lowest BCUT2D eigenvalue weighted by atomic mass is 10.3. The summed E-state index contributed by atoms with van der Waals surface area (Å²) in [6.45, 7) is 1.75.